The van der Waals surface area contributed by atoms with E-state index in [1.54, 1.807) is 0 Å². The van der Waals surface area contributed by atoms with Gasteiger partial charge in [-0.3, -0.25) is 4.79 Å². The van der Waals surface area contributed by atoms with Crippen LogP contribution in [-0.4, -0.2) is 36.2 Å². The zero-order valence-electron chi connectivity index (χ0n) is 17.4. The molecule has 0 bridgehead atoms. The Morgan fingerprint density at radius 2 is 1.33 bits per heavy atom. The summed E-state index contributed by atoms with van der Waals surface area (Å²) in [5.41, 5.74) is 5.44. The van der Waals surface area contributed by atoms with Crippen molar-refractivity contribution in [2.24, 2.45) is 5.73 Å². The van der Waals surface area contributed by atoms with Gasteiger partial charge in [-0.15, -0.1) is 0 Å². The average Bonchev–Trinajstić information content (AvgIpc) is 2.64. The van der Waals surface area contributed by atoms with Crippen LogP contribution in [0.4, 0.5) is 4.79 Å². The zero-order valence-corrected chi connectivity index (χ0v) is 17.4. The highest BCUT2D eigenvalue weighted by molar-refractivity contribution is 5.85. The maximum absolute atomic E-state index is 12.1. The van der Waals surface area contributed by atoms with E-state index in [0.717, 1.165) is 25.7 Å². The Morgan fingerprint density at radius 1 is 0.815 bits per heavy atom. The topological polar surface area (TPSA) is 104 Å². The predicted octanol–water partition coefficient (Wildman–Crippen LogP) is 4.57. The van der Waals surface area contributed by atoms with Gasteiger partial charge >= 0.3 is 6.09 Å². The number of unbranched alkanes of at least 4 members (excludes halogenated alkanes) is 12. The van der Waals surface area contributed by atoms with Gasteiger partial charge in [-0.1, -0.05) is 77.6 Å². The molecule has 0 radical (unpaired) electrons. The molecule has 0 aromatic heterocycles. The zero-order chi connectivity index (χ0) is 20.2. The first-order valence-corrected chi connectivity index (χ1v) is 11.1. The highest BCUT2D eigenvalue weighted by atomic mass is 16.4. The average molecular weight is 386 g/mol. The van der Waals surface area contributed by atoms with Crippen molar-refractivity contribution in [1.82, 2.24) is 10.6 Å². The van der Waals surface area contributed by atoms with Crippen LogP contribution in [0.1, 0.15) is 103 Å². The third-order valence-corrected chi connectivity index (χ3v) is 4.89. The van der Waals surface area contributed by atoms with Crippen LogP contribution in [0.15, 0.2) is 0 Å². The minimum Gasteiger partial charge on any atom is -0.465 e. The molecule has 0 saturated carbocycles. The molecule has 0 aromatic carbocycles. The number of hydrogen-bond donors (Lipinski definition) is 4. The van der Waals surface area contributed by atoms with E-state index < -0.39 is 12.1 Å². The highest BCUT2D eigenvalue weighted by Gasteiger charge is 2.19. The second-order valence-corrected chi connectivity index (χ2v) is 7.47. The number of hydrogen-bond acceptors (Lipinski definition) is 3. The second kappa shape index (κ2) is 19.5. The monoisotopic (exact) mass is 385 g/mol. The van der Waals surface area contributed by atoms with Gasteiger partial charge in [-0.2, -0.15) is 0 Å². The molecule has 0 aromatic rings. The van der Waals surface area contributed by atoms with E-state index in [2.05, 4.69) is 17.6 Å². The van der Waals surface area contributed by atoms with Crippen LogP contribution in [0.5, 0.6) is 0 Å². The van der Waals surface area contributed by atoms with Crippen molar-refractivity contribution < 1.29 is 14.7 Å². The molecule has 5 N–H and O–H groups in total. The molecule has 0 aliphatic heterocycles. The number of carboxylic acid groups (broad SMARTS) is 1. The van der Waals surface area contributed by atoms with Crippen LogP contribution in [0, 0.1) is 0 Å². The lowest BCUT2D eigenvalue weighted by Crippen LogP contribution is -2.46. The number of carbonyl (C=O) groups is 2. The van der Waals surface area contributed by atoms with Crippen molar-refractivity contribution in [2.45, 2.75) is 109 Å². The molecular formula is C21H43N3O3. The molecule has 6 heteroatoms. The van der Waals surface area contributed by atoms with Crippen LogP contribution in [0.25, 0.3) is 0 Å². The van der Waals surface area contributed by atoms with E-state index >= 15 is 0 Å². The first-order valence-electron chi connectivity index (χ1n) is 11.1. The van der Waals surface area contributed by atoms with Gasteiger partial charge in [0.2, 0.25) is 5.91 Å². The number of carbonyl (C=O) groups excluding carboxylic acids is 1. The van der Waals surface area contributed by atoms with E-state index in [-0.39, 0.29) is 5.91 Å². The van der Waals surface area contributed by atoms with E-state index in [9.17, 15) is 9.59 Å². The summed E-state index contributed by atoms with van der Waals surface area (Å²) in [6.45, 7) is 3.42. The number of amides is 2. The SMILES string of the molecule is CCCCCCCCCCCCCCNC(=O)[C@@H](CCCCN)NC(=O)O. The Hall–Kier alpha value is -1.30. The Kier molecular flexibility index (Phi) is 18.5. The quantitative estimate of drug-likeness (QED) is 0.244. The highest BCUT2D eigenvalue weighted by Crippen LogP contribution is 2.11. The van der Waals surface area contributed by atoms with E-state index in [1.165, 1.54) is 64.2 Å². The molecule has 0 rings (SSSR count). The van der Waals surface area contributed by atoms with Crippen LogP contribution < -0.4 is 16.4 Å². The second-order valence-electron chi connectivity index (χ2n) is 7.47. The third-order valence-electron chi connectivity index (χ3n) is 4.89. The van der Waals surface area contributed by atoms with Gasteiger partial charge in [0.15, 0.2) is 0 Å². The molecule has 27 heavy (non-hydrogen) atoms. The van der Waals surface area contributed by atoms with Crippen molar-refractivity contribution in [3.8, 4) is 0 Å². The normalized spacial score (nSPS) is 11.9. The van der Waals surface area contributed by atoms with Gasteiger partial charge in [0.05, 0.1) is 0 Å². The summed E-state index contributed by atoms with van der Waals surface area (Å²) in [4.78, 5) is 22.9. The fourth-order valence-corrected chi connectivity index (χ4v) is 3.21. The minimum atomic E-state index is -1.16. The summed E-state index contributed by atoms with van der Waals surface area (Å²) < 4.78 is 0. The van der Waals surface area contributed by atoms with Crippen LogP contribution in [-0.2, 0) is 4.79 Å². The van der Waals surface area contributed by atoms with Crippen molar-refractivity contribution >= 4 is 12.0 Å². The van der Waals surface area contributed by atoms with Crippen LogP contribution in [0.2, 0.25) is 0 Å². The van der Waals surface area contributed by atoms with Gasteiger partial charge in [0.1, 0.15) is 6.04 Å². The molecule has 0 aliphatic carbocycles. The molecule has 0 heterocycles. The van der Waals surface area contributed by atoms with Gasteiger partial charge in [-0.25, -0.2) is 4.79 Å². The fraction of sp³-hybridized carbons (Fsp3) is 0.905. The summed E-state index contributed by atoms with van der Waals surface area (Å²) in [6.07, 6.45) is 16.3. The number of rotatable bonds is 19. The standard InChI is InChI=1S/C21H43N3O3/c1-2-3-4-5-6-7-8-9-10-11-12-15-18-23-20(25)19(24-21(26)27)16-13-14-17-22/h19,24H,2-18,22H2,1H3,(H,23,25)(H,26,27)/t19-/m1/s1. The van der Waals surface area contributed by atoms with E-state index in [0.29, 0.717) is 19.5 Å². The van der Waals surface area contributed by atoms with Gasteiger partial charge in [0.25, 0.3) is 0 Å². The fourth-order valence-electron chi connectivity index (χ4n) is 3.21. The molecule has 160 valence electrons. The van der Waals surface area contributed by atoms with Crippen LogP contribution >= 0.6 is 0 Å². The molecule has 0 unspecified atom stereocenters. The van der Waals surface area contributed by atoms with Gasteiger partial charge in [0, 0.05) is 6.54 Å². The van der Waals surface area contributed by atoms with E-state index in [1.807, 2.05) is 0 Å². The lowest BCUT2D eigenvalue weighted by Gasteiger charge is -2.16. The summed E-state index contributed by atoms with van der Waals surface area (Å²) in [5, 5.41) is 14.0. The molecular weight excluding hydrogens is 342 g/mol. The van der Waals surface area contributed by atoms with Crippen molar-refractivity contribution in [3.05, 3.63) is 0 Å². The molecule has 0 fully saturated rings. The molecule has 6 nitrogen and oxygen atoms in total. The maximum Gasteiger partial charge on any atom is 0.405 e. The Balaban J connectivity index is 3.57. The van der Waals surface area contributed by atoms with Crippen LogP contribution in [0.3, 0.4) is 0 Å². The summed E-state index contributed by atoms with van der Waals surface area (Å²) in [7, 11) is 0. The lowest BCUT2D eigenvalue weighted by molar-refractivity contribution is -0.123. The van der Waals surface area contributed by atoms with Gasteiger partial charge in [-0.05, 0) is 32.2 Å². The maximum atomic E-state index is 12.1. The molecule has 1 atom stereocenters. The Morgan fingerprint density at radius 3 is 1.81 bits per heavy atom. The van der Waals surface area contributed by atoms with E-state index in [4.69, 9.17) is 10.8 Å². The van der Waals surface area contributed by atoms with Crippen molar-refractivity contribution in [3.63, 3.8) is 0 Å². The Bertz CT molecular complexity index is 365. The molecule has 2 amide bonds. The molecule has 0 saturated heterocycles. The largest absolute Gasteiger partial charge is 0.465 e. The Labute approximate surface area is 166 Å². The minimum absolute atomic E-state index is 0.225. The predicted molar refractivity (Wildman–Crippen MR) is 112 cm³/mol. The molecule has 0 aliphatic rings. The first kappa shape index (κ1) is 25.7. The van der Waals surface area contributed by atoms with Gasteiger partial charge < -0.3 is 21.5 Å². The number of nitrogens with two attached hydrogens (primary N) is 1. The summed E-state index contributed by atoms with van der Waals surface area (Å²) in [5.74, 6) is -0.225. The summed E-state index contributed by atoms with van der Waals surface area (Å²) >= 11 is 0. The number of nitrogens with one attached hydrogen (secondary N) is 2. The third kappa shape index (κ3) is 17.9. The van der Waals surface area contributed by atoms with Crippen molar-refractivity contribution in [2.75, 3.05) is 13.1 Å². The van der Waals surface area contributed by atoms with Crippen molar-refractivity contribution in [1.29, 1.82) is 0 Å². The summed E-state index contributed by atoms with van der Waals surface area (Å²) in [6, 6.07) is -0.675. The lowest BCUT2D eigenvalue weighted by atomic mass is 10.1. The molecule has 0 spiro atoms. The smallest absolute Gasteiger partial charge is 0.405 e. The first-order chi connectivity index (χ1) is 13.1.